The van der Waals surface area contributed by atoms with Crippen molar-refractivity contribution in [2.75, 3.05) is 13.1 Å². The van der Waals surface area contributed by atoms with Crippen molar-refractivity contribution < 1.29 is 4.79 Å². The number of tetrazole rings is 1. The molecule has 1 amide bonds. The van der Waals surface area contributed by atoms with Gasteiger partial charge in [-0.3, -0.25) is 0 Å². The zero-order chi connectivity index (χ0) is 15.4. The van der Waals surface area contributed by atoms with E-state index in [1.54, 1.807) is 24.3 Å². The lowest BCUT2D eigenvalue weighted by Gasteiger charge is -2.18. The quantitative estimate of drug-likeness (QED) is 0.807. The van der Waals surface area contributed by atoms with Crippen molar-refractivity contribution in [2.24, 2.45) is 0 Å². The number of hydrogen-bond donors (Lipinski definition) is 0. The maximum Gasteiger partial charge on any atom is 0.377 e. The van der Waals surface area contributed by atoms with E-state index < -0.39 is 11.7 Å². The third kappa shape index (κ3) is 2.97. The predicted molar refractivity (Wildman–Crippen MR) is 79.0 cm³/mol. The maximum atomic E-state index is 12.3. The lowest BCUT2D eigenvalue weighted by atomic mass is 10.3. The summed E-state index contributed by atoms with van der Waals surface area (Å²) in [7, 11) is 0. The van der Waals surface area contributed by atoms with Crippen LogP contribution < -0.4 is 5.69 Å². The third-order valence-corrected chi connectivity index (χ3v) is 3.31. The molecule has 0 bridgehead atoms. The third-order valence-electron chi connectivity index (χ3n) is 2.99. The molecule has 0 atom stereocenters. The molecule has 1 heterocycles. The van der Waals surface area contributed by atoms with Crippen molar-refractivity contribution in [1.82, 2.24) is 24.7 Å². The van der Waals surface area contributed by atoms with Gasteiger partial charge in [-0.05, 0) is 35.9 Å². The van der Waals surface area contributed by atoms with Crippen molar-refractivity contribution in [3.05, 3.63) is 39.8 Å². The first-order valence-electron chi connectivity index (χ1n) is 6.69. The maximum absolute atomic E-state index is 12.3. The number of amides is 1. The Kier molecular flexibility index (Phi) is 4.74. The monoisotopic (exact) mass is 309 g/mol. The van der Waals surface area contributed by atoms with Crippen LogP contribution >= 0.6 is 11.6 Å². The molecule has 0 unspecified atom stereocenters. The van der Waals surface area contributed by atoms with Gasteiger partial charge in [0.05, 0.1) is 10.7 Å². The second-order valence-corrected chi connectivity index (χ2v) is 4.81. The standard InChI is InChI=1S/C13H16ClN5O2/c1-3-9-17(4-2)12(20)19-13(21)18(15-16-19)11-8-6-5-7-10(11)14/h5-8H,3-4,9H2,1-2H3. The van der Waals surface area contributed by atoms with Crippen LogP contribution in [0, 0.1) is 0 Å². The Morgan fingerprint density at radius 3 is 2.62 bits per heavy atom. The summed E-state index contributed by atoms with van der Waals surface area (Å²) in [4.78, 5) is 26.1. The van der Waals surface area contributed by atoms with E-state index in [1.165, 1.54) is 4.90 Å². The highest BCUT2D eigenvalue weighted by Gasteiger charge is 2.20. The smallest absolute Gasteiger partial charge is 0.323 e. The Balaban J connectivity index is 2.40. The first-order chi connectivity index (χ1) is 10.1. The summed E-state index contributed by atoms with van der Waals surface area (Å²) < 4.78 is 1.77. The minimum absolute atomic E-state index is 0.361. The van der Waals surface area contributed by atoms with Crippen LogP contribution in [0.15, 0.2) is 29.1 Å². The molecule has 112 valence electrons. The van der Waals surface area contributed by atoms with E-state index in [4.69, 9.17) is 11.6 Å². The molecular formula is C13H16ClN5O2. The van der Waals surface area contributed by atoms with Crippen LogP contribution in [0.2, 0.25) is 5.02 Å². The van der Waals surface area contributed by atoms with Crippen molar-refractivity contribution in [3.63, 3.8) is 0 Å². The number of benzene rings is 1. The second-order valence-electron chi connectivity index (χ2n) is 4.40. The van der Waals surface area contributed by atoms with Crippen LogP contribution in [-0.2, 0) is 0 Å². The topological polar surface area (TPSA) is 73.0 Å². The van der Waals surface area contributed by atoms with E-state index in [0.717, 1.165) is 15.8 Å². The van der Waals surface area contributed by atoms with Gasteiger partial charge in [0.25, 0.3) is 0 Å². The van der Waals surface area contributed by atoms with Crippen molar-refractivity contribution in [1.29, 1.82) is 0 Å². The first kappa shape index (κ1) is 15.2. The van der Waals surface area contributed by atoms with E-state index in [2.05, 4.69) is 10.4 Å². The lowest BCUT2D eigenvalue weighted by Crippen LogP contribution is -2.41. The SMILES string of the molecule is CCCN(CC)C(=O)n1nnn(-c2ccccc2Cl)c1=O. The Labute approximate surface area is 126 Å². The minimum atomic E-state index is -0.636. The molecule has 2 aromatic rings. The fourth-order valence-corrected chi connectivity index (χ4v) is 2.15. The number of nitrogens with zero attached hydrogens (tertiary/aromatic N) is 5. The summed E-state index contributed by atoms with van der Waals surface area (Å²) in [5.74, 6) is 0. The fourth-order valence-electron chi connectivity index (χ4n) is 1.93. The molecule has 2 rings (SSSR count). The molecule has 8 heteroatoms. The van der Waals surface area contributed by atoms with Gasteiger partial charge < -0.3 is 4.90 Å². The van der Waals surface area contributed by atoms with Crippen LogP contribution in [0.3, 0.4) is 0 Å². The predicted octanol–water partition coefficient (Wildman–Crippen LogP) is 1.78. The molecule has 0 saturated heterocycles. The summed E-state index contributed by atoms with van der Waals surface area (Å²) in [6, 6.07) is 6.26. The molecule has 0 aliphatic heterocycles. The van der Waals surface area contributed by atoms with Crippen LogP contribution in [0.1, 0.15) is 20.3 Å². The first-order valence-corrected chi connectivity index (χ1v) is 7.07. The molecule has 0 aliphatic carbocycles. The lowest BCUT2D eigenvalue weighted by molar-refractivity contribution is 0.197. The molecular weight excluding hydrogens is 294 g/mol. The molecule has 7 nitrogen and oxygen atoms in total. The average Bonchev–Trinajstić information content (AvgIpc) is 2.86. The molecule has 1 aromatic carbocycles. The van der Waals surface area contributed by atoms with E-state index in [0.29, 0.717) is 23.8 Å². The van der Waals surface area contributed by atoms with Crippen LogP contribution in [0.25, 0.3) is 5.69 Å². The summed E-state index contributed by atoms with van der Waals surface area (Å²) >= 11 is 6.03. The number of aromatic nitrogens is 4. The number of rotatable bonds is 4. The van der Waals surface area contributed by atoms with Crippen LogP contribution in [-0.4, -0.2) is 43.8 Å². The molecule has 0 N–H and O–H groups in total. The number of hydrogen-bond acceptors (Lipinski definition) is 4. The average molecular weight is 310 g/mol. The normalized spacial score (nSPS) is 10.6. The van der Waals surface area contributed by atoms with Gasteiger partial charge in [-0.1, -0.05) is 30.7 Å². The van der Waals surface area contributed by atoms with Crippen LogP contribution in [0.5, 0.6) is 0 Å². The van der Waals surface area contributed by atoms with E-state index in [9.17, 15) is 9.59 Å². The zero-order valence-corrected chi connectivity index (χ0v) is 12.6. The molecule has 0 fully saturated rings. The van der Waals surface area contributed by atoms with Crippen molar-refractivity contribution in [2.45, 2.75) is 20.3 Å². The minimum Gasteiger partial charge on any atom is -0.323 e. The number of carbonyl (C=O) groups is 1. The van der Waals surface area contributed by atoms with Gasteiger partial charge in [0.15, 0.2) is 0 Å². The number of carbonyl (C=O) groups excluding carboxylic acids is 1. The Morgan fingerprint density at radius 2 is 2.00 bits per heavy atom. The zero-order valence-electron chi connectivity index (χ0n) is 11.9. The van der Waals surface area contributed by atoms with Gasteiger partial charge in [0.2, 0.25) is 0 Å². The highest BCUT2D eigenvalue weighted by molar-refractivity contribution is 6.32. The largest absolute Gasteiger partial charge is 0.377 e. The summed E-state index contributed by atoms with van der Waals surface area (Å²) in [5.41, 5.74) is -0.246. The Bertz CT molecular complexity index is 694. The van der Waals surface area contributed by atoms with E-state index >= 15 is 0 Å². The summed E-state index contributed by atoms with van der Waals surface area (Å²) in [5, 5.41) is 7.74. The van der Waals surface area contributed by atoms with Gasteiger partial charge in [-0.15, -0.1) is 4.68 Å². The second kappa shape index (κ2) is 6.53. The molecule has 0 saturated carbocycles. The van der Waals surface area contributed by atoms with Crippen molar-refractivity contribution in [3.8, 4) is 5.69 Å². The fraction of sp³-hybridized carbons (Fsp3) is 0.385. The number of halogens is 1. The Morgan fingerprint density at radius 1 is 1.29 bits per heavy atom. The van der Waals surface area contributed by atoms with E-state index in [-0.39, 0.29) is 0 Å². The Hall–Kier alpha value is -2.15. The summed E-state index contributed by atoms with van der Waals surface area (Å²) in [6.45, 7) is 4.86. The molecule has 0 spiro atoms. The highest BCUT2D eigenvalue weighted by atomic mass is 35.5. The van der Waals surface area contributed by atoms with Gasteiger partial charge in [0, 0.05) is 13.1 Å². The van der Waals surface area contributed by atoms with Gasteiger partial charge in [-0.2, -0.15) is 4.68 Å². The molecule has 0 aliphatic rings. The molecule has 0 radical (unpaired) electrons. The van der Waals surface area contributed by atoms with Gasteiger partial charge in [0.1, 0.15) is 0 Å². The summed E-state index contributed by atoms with van der Waals surface area (Å²) in [6.07, 6.45) is 0.799. The highest BCUT2D eigenvalue weighted by Crippen LogP contribution is 2.16. The number of para-hydroxylation sites is 1. The van der Waals surface area contributed by atoms with Gasteiger partial charge in [-0.25, -0.2) is 9.59 Å². The van der Waals surface area contributed by atoms with Gasteiger partial charge >= 0.3 is 11.7 Å². The van der Waals surface area contributed by atoms with Crippen LogP contribution in [0.4, 0.5) is 4.79 Å². The van der Waals surface area contributed by atoms with E-state index in [1.807, 2.05) is 13.8 Å². The molecule has 21 heavy (non-hydrogen) atoms. The molecule has 1 aromatic heterocycles. The van der Waals surface area contributed by atoms with Crippen molar-refractivity contribution >= 4 is 17.6 Å².